The molecule has 0 spiro atoms. The molecule has 0 saturated heterocycles. The van der Waals surface area contributed by atoms with Gasteiger partial charge in [0.2, 0.25) is 5.91 Å². The van der Waals surface area contributed by atoms with Crippen molar-refractivity contribution in [1.29, 1.82) is 0 Å². The van der Waals surface area contributed by atoms with Gasteiger partial charge in [-0.2, -0.15) is 0 Å². The van der Waals surface area contributed by atoms with E-state index >= 15 is 0 Å². The van der Waals surface area contributed by atoms with E-state index in [1.165, 1.54) is 0 Å². The summed E-state index contributed by atoms with van der Waals surface area (Å²) in [5, 5.41) is 10.5. The van der Waals surface area contributed by atoms with Crippen LogP contribution in [0.5, 0.6) is 5.75 Å². The quantitative estimate of drug-likeness (QED) is 0.839. The Labute approximate surface area is 150 Å². The van der Waals surface area contributed by atoms with Crippen molar-refractivity contribution in [1.82, 2.24) is 4.90 Å². The number of benzene rings is 2. The number of nitrogens with zero attached hydrogens (tertiary/aromatic N) is 1. The van der Waals surface area contributed by atoms with Crippen molar-refractivity contribution < 1.29 is 14.6 Å². The fraction of sp³-hybridized carbons (Fsp3) is 0.381. The molecule has 0 bridgehead atoms. The summed E-state index contributed by atoms with van der Waals surface area (Å²) in [6.45, 7) is 3.78. The fourth-order valence-electron chi connectivity index (χ4n) is 2.98. The number of hydrogen-bond donors (Lipinski definition) is 1. The summed E-state index contributed by atoms with van der Waals surface area (Å²) in [6, 6.07) is 16.9. The number of likely N-dealkylation sites (N-methyl/N-ethyl adjacent to an activating group) is 1. The average Bonchev–Trinajstić information content (AvgIpc) is 2.66. The third kappa shape index (κ3) is 4.60. The summed E-state index contributed by atoms with van der Waals surface area (Å²) < 4.78 is 5.37. The Morgan fingerprint density at radius 3 is 2.32 bits per heavy atom. The number of carbonyl (C=O) groups is 1. The van der Waals surface area contributed by atoms with Gasteiger partial charge in [-0.15, -0.1) is 0 Å². The van der Waals surface area contributed by atoms with Crippen LogP contribution in [0.3, 0.4) is 0 Å². The lowest BCUT2D eigenvalue weighted by atomic mass is 9.97. The van der Waals surface area contributed by atoms with Crippen LogP contribution in [0.1, 0.15) is 31.1 Å². The first-order valence-corrected chi connectivity index (χ1v) is 8.57. The minimum atomic E-state index is -0.714. The van der Waals surface area contributed by atoms with Gasteiger partial charge in [0.25, 0.3) is 0 Å². The molecule has 0 fully saturated rings. The first kappa shape index (κ1) is 19.0. The van der Waals surface area contributed by atoms with E-state index in [0.29, 0.717) is 6.42 Å². The maximum atomic E-state index is 12.8. The zero-order valence-electron chi connectivity index (χ0n) is 15.3. The van der Waals surface area contributed by atoms with Crippen molar-refractivity contribution in [2.75, 3.05) is 14.2 Å². The van der Waals surface area contributed by atoms with E-state index in [9.17, 15) is 9.90 Å². The number of hydrogen-bond acceptors (Lipinski definition) is 3. The molecule has 2 aromatic carbocycles. The first-order chi connectivity index (χ1) is 12.0. The SMILES string of the molecule is COc1ccccc1C[C@@H](C)C(=O)N(C)[C@@H](C)[C@@H](O)c1ccccc1. The molecule has 0 aliphatic rings. The van der Waals surface area contributed by atoms with E-state index in [-0.39, 0.29) is 17.9 Å². The molecule has 4 heteroatoms. The third-order valence-corrected chi connectivity index (χ3v) is 4.70. The molecule has 1 N–H and O–H groups in total. The maximum Gasteiger partial charge on any atom is 0.225 e. The molecule has 3 atom stereocenters. The molecule has 0 aliphatic heterocycles. The van der Waals surface area contributed by atoms with Crippen molar-refractivity contribution in [2.45, 2.75) is 32.4 Å². The lowest BCUT2D eigenvalue weighted by molar-refractivity contribution is -0.137. The van der Waals surface area contributed by atoms with E-state index < -0.39 is 6.10 Å². The third-order valence-electron chi connectivity index (χ3n) is 4.70. The van der Waals surface area contributed by atoms with Gasteiger partial charge in [-0.3, -0.25) is 4.79 Å². The van der Waals surface area contributed by atoms with Gasteiger partial charge in [0.05, 0.1) is 19.3 Å². The molecule has 134 valence electrons. The Bertz CT molecular complexity index is 687. The number of methoxy groups -OCH3 is 1. The summed E-state index contributed by atoms with van der Waals surface area (Å²) in [6.07, 6.45) is -0.116. The highest BCUT2D eigenvalue weighted by Gasteiger charge is 2.27. The molecule has 0 saturated carbocycles. The van der Waals surface area contributed by atoms with Crippen LogP contribution < -0.4 is 4.74 Å². The van der Waals surface area contributed by atoms with E-state index in [0.717, 1.165) is 16.9 Å². The molecule has 0 aromatic heterocycles. The lowest BCUT2D eigenvalue weighted by Crippen LogP contribution is -2.42. The standard InChI is InChI=1S/C21H27NO3/c1-15(14-18-12-8-9-13-19(18)25-4)21(24)22(3)16(2)20(23)17-10-6-5-7-11-17/h5-13,15-16,20,23H,14H2,1-4H3/t15-,16+,20-/m1/s1. The van der Waals surface area contributed by atoms with Crippen molar-refractivity contribution in [3.8, 4) is 5.75 Å². The largest absolute Gasteiger partial charge is 0.496 e. The summed E-state index contributed by atoms with van der Waals surface area (Å²) in [5.74, 6) is 0.599. The lowest BCUT2D eigenvalue weighted by Gasteiger charge is -2.31. The Kier molecular flexibility index (Phi) is 6.59. The van der Waals surface area contributed by atoms with E-state index in [4.69, 9.17) is 4.74 Å². The summed E-state index contributed by atoms with van der Waals surface area (Å²) >= 11 is 0. The molecule has 2 rings (SSSR count). The van der Waals surface area contributed by atoms with Crippen LogP contribution >= 0.6 is 0 Å². The number of rotatable bonds is 7. The Hall–Kier alpha value is -2.33. The highest BCUT2D eigenvalue weighted by Crippen LogP contribution is 2.24. The first-order valence-electron chi connectivity index (χ1n) is 8.57. The minimum Gasteiger partial charge on any atom is -0.496 e. The second-order valence-electron chi connectivity index (χ2n) is 6.46. The summed E-state index contributed by atoms with van der Waals surface area (Å²) in [4.78, 5) is 14.4. The summed E-state index contributed by atoms with van der Waals surface area (Å²) in [5.41, 5.74) is 1.82. The normalized spacial score (nSPS) is 14.4. The molecular weight excluding hydrogens is 314 g/mol. The van der Waals surface area contributed by atoms with Gasteiger partial charge in [-0.25, -0.2) is 0 Å². The fourth-order valence-corrected chi connectivity index (χ4v) is 2.98. The highest BCUT2D eigenvalue weighted by atomic mass is 16.5. The molecule has 2 aromatic rings. The van der Waals surface area contributed by atoms with Gasteiger partial charge < -0.3 is 14.7 Å². The zero-order valence-corrected chi connectivity index (χ0v) is 15.3. The van der Waals surface area contributed by atoms with Gasteiger partial charge in [0, 0.05) is 13.0 Å². The van der Waals surface area contributed by atoms with Gasteiger partial charge >= 0.3 is 0 Å². The van der Waals surface area contributed by atoms with Gasteiger partial charge in [-0.1, -0.05) is 55.5 Å². The summed E-state index contributed by atoms with van der Waals surface area (Å²) in [7, 11) is 3.38. The molecule has 4 nitrogen and oxygen atoms in total. The molecular formula is C21H27NO3. The number of carbonyl (C=O) groups excluding carboxylic acids is 1. The van der Waals surface area contributed by atoms with Crippen LogP contribution in [0.4, 0.5) is 0 Å². The van der Waals surface area contributed by atoms with Gasteiger partial charge in [-0.05, 0) is 30.5 Å². The predicted octanol–water partition coefficient (Wildman–Crippen LogP) is 3.45. The predicted molar refractivity (Wildman–Crippen MR) is 99.5 cm³/mol. The van der Waals surface area contributed by atoms with Crippen molar-refractivity contribution in [3.63, 3.8) is 0 Å². The second-order valence-corrected chi connectivity index (χ2v) is 6.46. The zero-order chi connectivity index (χ0) is 18.4. The van der Waals surface area contributed by atoms with E-state index in [2.05, 4.69) is 0 Å². The Morgan fingerprint density at radius 1 is 1.08 bits per heavy atom. The number of ether oxygens (including phenoxy) is 1. The average molecular weight is 341 g/mol. The van der Waals surface area contributed by atoms with E-state index in [1.807, 2.05) is 68.4 Å². The molecule has 0 radical (unpaired) electrons. The number of aliphatic hydroxyl groups excluding tert-OH is 1. The van der Waals surface area contributed by atoms with Crippen molar-refractivity contribution >= 4 is 5.91 Å². The number of para-hydroxylation sites is 1. The van der Waals surface area contributed by atoms with Crippen LogP contribution in [0.15, 0.2) is 54.6 Å². The van der Waals surface area contributed by atoms with Gasteiger partial charge in [0.1, 0.15) is 5.75 Å². The monoisotopic (exact) mass is 341 g/mol. The van der Waals surface area contributed by atoms with Crippen LogP contribution in [0.2, 0.25) is 0 Å². The number of amides is 1. The van der Waals surface area contributed by atoms with Crippen molar-refractivity contribution in [3.05, 3.63) is 65.7 Å². The van der Waals surface area contributed by atoms with Crippen LogP contribution in [-0.2, 0) is 11.2 Å². The second kappa shape index (κ2) is 8.67. The minimum absolute atomic E-state index is 0.00777. The van der Waals surface area contributed by atoms with Crippen LogP contribution in [0, 0.1) is 5.92 Å². The molecule has 0 heterocycles. The number of aliphatic hydroxyl groups is 1. The molecule has 0 unspecified atom stereocenters. The smallest absolute Gasteiger partial charge is 0.225 e. The van der Waals surface area contributed by atoms with Crippen LogP contribution in [-0.4, -0.2) is 36.1 Å². The van der Waals surface area contributed by atoms with Crippen LogP contribution in [0.25, 0.3) is 0 Å². The molecule has 1 amide bonds. The highest BCUT2D eigenvalue weighted by molar-refractivity contribution is 5.79. The Morgan fingerprint density at radius 2 is 1.68 bits per heavy atom. The topological polar surface area (TPSA) is 49.8 Å². The van der Waals surface area contributed by atoms with E-state index in [1.54, 1.807) is 19.1 Å². The van der Waals surface area contributed by atoms with Gasteiger partial charge in [0.15, 0.2) is 0 Å². The Balaban J connectivity index is 2.05. The maximum absolute atomic E-state index is 12.8. The molecule has 0 aliphatic carbocycles. The molecule has 25 heavy (non-hydrogen) atoms. The van der Waals surface area contributed by atoms with Crippen molar-refractivity contribution in [2.24, 2.45) is 5.92 Å².